The van der Waals surface area contributed by atoms with Gasteiger partial charge < -0.3 is 34.8 Å². The maximum Gasteiger partial charge on any atom is 0.407 e. The number of hydrogen-bond donors (Lipinski definition) is 4. The Morgan fingerprint density at radius 3 is 2.13 bits per heavy atom. The van der Waals surface area contributed by atoms with Crippen molar-refractivity contribution in [3.05, 3.63) is 121 Å². The Labute approximate surface area is 319 Å². The molecule has 2 aliphatic heterocycles. The molecule has 2 fully saturated rings. The number of carbonyl (C=O) groups is 2. The van der Waals surface area contributed by atoms with Gasteiger partial charge in [0.2, 0.25) is 12.3 Å². The lowest BCUT2D eigenvalue weighted by atomic mass is 9.98. The first-order valence-corrected chi connectivity index (χ1v) is 18.8. The molecule has 2 amide bonds. The number of amides is 2. The molecule has 282 valence electrons. The summed E-state index contributed by atoms with van der Waals surface area (Å²) in [7, 11) is 1.28. The molecule has 0 aliphatic carbocycles. The van der Waals surface area contributed by atoms with E-state index in [0.717, 1.165) is 93.9 Å². The van der Waals surface area contributed by atoms with Crippen molar-refractivity contribution < 1.29 is 24.2 Å². The topological polar surface area (TPSA) is 149 Å². The van der Waals surface area contributed by atoms with Gasteiger partial charge in [-0.05, 0) is 77.8 Å². The molecule has 12 nitrogen and oxygen atoms in total. The molecule has 4 aromatic carbocycles. The monoisotopic (exact) mass is 739 g/mol. The van der Waals surface area contributed by atoms with Gasteiger partial charge in [0.05, 0.1) is 49.6 Å². The third-order valence-corrected chi connectivity index (χ3v) is 10.7. The van der Waals surface area contributed by atoms with Crippen LogP contribution in [0.5, 0.6) is 0 Å². The SMILES string of the molecule is COC(=O)N[C@@H](C)C(=O)N1CCC[C@H]1c1ncc(-c2ccc3cc(-c4ccc(-c5cnc([C@@H]6CCCN6C(O)OCc6ccccc6)[nH]5)cc4)ccc3c2)[nH]1. The number of nitrogens with one attached hydrogen (secondary N) is 3. The van der Waals surface area contributed by atoms with Gasteiger partial charge in [-0.1, -0.05) is 78.9 Å². The highest BCUT2D eigenvalue weighted by Gasteiger charge is 2.35. The van der Waals surface area contributed by atoms with E-state index in [2.05, 4.69) is 85.7 Å². The number of H-pyrrole nitrogens is 2. The molecule has 2 aromatic heterocycles. The van der Waals surface area contributed by atoms with Crippen LogP contribution >= 0.6 is 0 Å². The third-order valence-electron chi connectivity index (χ3n) is 10.7. The molecule has 4 N–H and O–H groups in total. The predicted octanol–water partition coefficient (Wildman–Crippen LogP) is 7.32. The summed E-state index contributed by atoms with van der Waals surface area (Å²) in [4.78, 5) is 44.9. The second-order valence-electron chi connectivity index (χ2n) is 14.3. The van der Waals surface area contributed by atoms with Crippen LogP contribution in [0.3, 0.4) is 0 Å². The zero-order valence-corrected chi connectivity index (χ0v) is 30.9. The van der Waals surface area contributed by atoms with Gasteiger partial charge >= 0.3 is 6.09 Å². The Hall–Kier alpha value is -5.82. The molecule has 55 heavy (non-hydrogen) atoms. The maximum atomic E-state index is 13.1. The van der Waals surface area contributed by atoms with Crippen LogP contribution in [-0.4, -0.2) is 79.5 Å². The summed E-state index contributed by atoms with van der Waals surface area (Å²) in [5.41, 5.74) is 7.11. The number of aliphatic hydroxyl groups is 1. The lowest BCUT2D eigenvalue weighted by Gasteiger charge is -2.28. The number of aromatic amines is 2. The second kappa shape index (κ2) is 15.9. The molecule has 0 radical (unpaired) electrons. The van der Waals surface area contributed by atoms with Crippen LogP contribution in [0, 0.1) is 0 Å². The summed E-state index contributed by atoms with van der Waals surface area (Å²) in [6.07, 6.45) is 5.56. The van der Waals surface area contributed by atoms with Crippen LogP contribution in [-0.2, 0) is 20.9 Å². The van der Waals surface area contributed by atoms with Crippen molar-refractivity contribution in [2.45, 2.75) is 63.8 Å². The van der Waals surface area contributed by atoms with E-state index in [1.54, 1.807) is 11.8 Å². The molecule has 4 heterocycles. The minimum atomic E-state index is -1.01. The minimum absolute atomic E-state index is 0.0485. The van der Waals surface area contributed by atoms with E-state index in [1.165, 1.54) is 7.11 Å². The van der Waals surface area contributed by atoms with Gasteiger partial charge in [-0.3, -0.25) is 4.79 Å². The number of carbonyl (C=O) groups excluding carboxylic acids is 2. The Morgan fingerprint density at radius 2 is 1.40 bits per heavy atom. The first-order valence-electron chi connectivity index (χ1n) is 18.8. The van der Waals surface area contributed by atoms with Crippen LogP contribution in [0.25, 0.3) is 44.4 Å². The molecule has 0 saturated carbocycles. The fourth-order valence-electron chi connectivity index (χ4n) is 7.79. The normalized spacial score (nSPS) is 18.4. The number of aromatic nitrogens is 4. The molecule has 8 rings (SSSR count). The number of ether oxygens (including phenoxy) is 2. The first kappa shape index (κ1) is 36.2. The summed E-state index contributed by atoms with van der Waals surface area (Å²) < 4.78 is 10.5. The van der Waals surface area contributed by atoms with Gasteiger partial charge in [0.25, 0.3) is 0 Å². The van der Waals surface area contributed by atoms with Gasteiger partial charge in [0.15, 0.2) is 0 Å². The van der Waals surface area contributed by atoms with Crippen molar-refractivity contribution in [2.24, 2.45) is 0 Å². The number of alkyl carbamates (subject to hydrolysis) is 1. The fourth-order valence-corrected chi connectivity index (χ4v) is 7.79. The summed E-state index contributed by atoms with van der Waals surface area (Å²) in [6.45, 7) is 3.36. The number of hydrogen-bond acceptors (Lipinski definition) is 8. The molecule has 12 heteroatoms. The van der Waals surface area contributed by atoms with E-state index in [0.29, 0.717) is 13.2 Å². The standard InChI is InChI=1S/C43H45N7O5/c1-27(46-42(52)54-2)41(51)49-20-6-10-37(49)39-45-25-36(48-39)34-19-18-32-22-31(16-17-33(32)23-34)29-12-14-30(15-13-29)35-24-44-40(47-35)38-11-7-21-50(38)43(53)55-26-28-8-4-3-5-9-28/h3-5,8-9,12-19,22-25,27,37-38,43,53H,6-7,10-11,20-21,26H2,1-2H3,(H,44,47)(H,45,48)(H,46,52)/t27-,37-,38-,43?/m0/s1. The van der Waals surface area contributed by atoms with Crippen LogP contribution in [0.4, 0.5) is 4.79 Å². The summed E-state index contributed by atoms with van der Waals surface area (Å²) >= 11 is 0. The van der Waals surface area contributed by atoms with Crippen molar-refractivity contribution in [2.75, 3.05) is 20.2 Å². The lowest BCUT2D eigenvalue weighted by molar-refractivity contribution is -0.205. The maximum absolute atomic E-state index is 13.1. The number of fused-ring (bicyclic) bond motifs is 1. The number of benzene rings is 4. The van der Waals surface area contributed by atoms with E-state index in [9.17, 15) is 14.7 Å². The second-order valence-corrected chi connectivity index (χ2v) is 14.3. The highest BCUT2D eigenvalue weighted by molar-refractivity contribution is 5.90. The molecule has 4 atom stereocenters. The van der Waals surface area contributed by atoms with E-state index in [-0.39, 0.29) is 18.0 Å². The van der Waals surface area contributed by atoms with Crippen LogP contribution in [0.15, 0.2) is 103 Å². The molecule has 0 bridgehead atoms. The van der Waals surface area contributed by atoms with E-state index >= 15 is 0 Å². The third kappa shape index (κ3) is 7.74. The summed E-state index contributed by atoms with van der Waals surface area (Å²) in [5.74, 6) is 1.40. The van der Waals surface area contributed by atoms with Crippen molar-refractivity contribution in [3.8, 4) is 33.6 Å². The average molecular weight is 740 g/mol. The van der Waals surface area contributed by atoms with E-state index in [1.807, 2.05) is 47.6 Å². The van der Waals surface area contributed by atoms with Gasteiger partial charge in [0.1, 0.15) is 17.7 Å². The molecular formula is C43H45N7O5. The lowest BCUT2D eigenvalue weighted by Crippen LogP contribution is -2.46. The number of rotatable bonds is 11. The van der Waals surface area contributed by atoms with Crippen LogP contribution in [0.2, 0.25) is 0 Å². The molecule has 2 aliphatic rings. The van der Waals surface area contributed by atoms with Crippen LogP contribution in [0.1, 0.15) is 61.9 Å². The summed E-state index contributed by atoms with van der Waals surface area (Å²) in [6, 6.07) is 30.2. The van der Waals surface area contributed by atoms with Crippen LogP contribution < -0.4 is 5.32 Å². The van der Waals surface area contributed by atoms with Gasteiger partial charge in [-0.2, -0.15) is 0 Å². The summed E-state index contributed by atoms with van der Waals surface area (Å²) in [5, 5.41) is 15.7. The van der Waals surface area contributed by atoms with E-state index < -0.39 is 18.5 Å². The molecule has 2 saturated heterocycles. The fraction of sp³-hybridized carbons (Fsp3) is 0.302. The highest BCUT2D eigenvalue weighted by Crippen LogP contribution is 2.35. The van der Waals surface area contributed by atoms with E-state index in [4.69, 9.17) is 9.72 Å². The zero-order chi connectivity index (χ0) is 37.9. The van der Waals surface area contributed by atoms with Crippen molar-refractivity contribution >= 4 is 22.8 Å². The molecule has 1 unspecified atom stereocenters. The largest absolute Gasteiger partial charge is 0.453 e. The Kier molecular flexibility index (Phi) is 10.4. The average Bonchev–Trinajstić information content (AvgIpc) is 4.07. The number of likely N-dealkylation sites (tertiary alicyclic amines) is 2. The molecular weight excluding hydrogens is 695 g/mol. The van der Waals surface area contributed by atoms with Gasteiger partial charge in [-0.15, -0.1) is 0 Å². The quantitative estimate of drug-likeness (QED) is 0.101. The highest BCUT2D eigenvalue weighted by atomic mass is 16.6. The Bertz CT molecular complexity index is 2270. The Morgan fingerprint density at radius 1 is 0.800 bits per heavy atom. The number of aliphatic hydroxyl groups excluding tert-OH is 1. The molecule has 0 spiro atoms. The van der Waals surface area contributed by atoms with Gasteiger partial charge in [0, 0.05) is 18.7 Å². The smallest absolute Gasteiger partial charge is 0.407 e. The minimum Gasteiger partial charge on any atom is -0.453 e. The predicted molar refractivity (Wildman–Crippen MR) is 209 cm³/mol. The first-order chi connectivity index (χ1) is 26.8. The number of imidazole rings is 2. The van der Waals surface area contributed by atoms with Crippen molar-refractivity contribution in [1.29, 1.82) is 0 Å². The number of nitrogens with zero attached hydrogens (tertiary/aromatic N) is 4. The van der Waals surface area contributed by atoms with Gasteiger partial charge in [-0.25, -0.2) is 19.7 Å². The zero-order valence-electron chi connectivity index (χ0n) is 30.9. The Balaban J connectivity index is 0.919. The number of methoxy groups -OCH3 is 1. The van der Waals surface area contributed by atoms with Crippen molar-refractivity contribution in [1.82, 2.24) is 35.1 Å². The molecule has 6 aromatic rings. The van der Waals surface area contributed by atoms with Crippen molar-refractivity contribution in [3.63, 3.8) is 0 Å².